The summed E-state index contributed by atoms with van der Waals surface area (Å²) < 4.78 is 8.75. The van der Waals surface area contributed by atoms with E-state index in [0.29, 0.717) is 11.6 Å². The first kappa shape index (κ1) is 14.2. The summed E-state index contributed by atoms with van der Waals surface area (Å²) in [6.07, 6.45) is 4.70. The molecule has 2 rings (SSSR count). The predicted molar refractivity (Wildman–Crippen MR) is 79.6 cm³/mol. The van der Waals surface area contributed by atoms with E-state index in [2.05, 4.69) is 19.4 Å². The molecule has 104 valence electrons. The summed E-state index contributed by atoms with van der Waals surface area (Å²) in [4.78, 5) is 15.3. The van der Waals surface area contributed by atoms with Crippen LogP contribution in [0.2, 0.25) is 0 Å². The number of benzene rings is 1. The number of esters is 1. The van der Waals surface area contributed by atoms with Crippen molar-refractivity contribution < 1.29 is 9.53 Å². The van der Waals surface area contributed by atoms with Crippen molar-refractivity contribution in [3.63, 3.8) is 0 Å². The van der Waals surface area contributed by atoms with E-state index in [4.69, 9.17) is 0 Å². The molecule has 0 spiro atoms. The van der Waals surface area contributed by atoms with Crippen LogP contribution in [0.5, 0.6) is 0 Å². The summed E-state index contributed by atoms with van der Waals surface area (Å²) in [7, 11) is 1.35. The highest BCUT2D eigenvalue weighted by Crippen LogP contribution is 2.11. The van der Waals surface area contributed by atoms with E-state index in [-0.39, 0.29) is 12.5 Å². The Hall–Kier alpha value is -2.21. The van der Waals surface area contributed by atoms with E-state index in [1.165, 1.54) is 18.6 Å². The van der Waals surface area contributed by atoms with Crippen LogP contribution < -0.4 is 5.32 Å². The van der Waals surface area contributed by atoms with Gasteiger partial charge in [0.05, 0.1) is 7.11 Å². The summed E-state index contributed by atoms with van der Waals surface area (Å²) in [6.45, 7) is 0.102. The maximum Gasteiger partial charge on any atom is 0.325 e. The molecule has 5 nitrogen and oxygen atoms in total. The van der Waals surface area contributed by atoms with Gasteiger partial charge in [0, 0.05) is 18.0 Å². The minimum absolute atomic E-state index is 0.102. The highest BCUT2D eigenvalue weighted by molar-refractivity contribution is 7.09. The Balaban J connectivity index is 1.84. The van der Waals surface area contributed by atoms with Gasteiger partial charge < -0.3 is 10.1 Å². The lowest BCUT2D eigenvalue weighted by molar-refractivity contribution is -0.138. The zero-order valence-corrected chi connectivity index (χ0v) is 11.9. The smallest absolute Gasteiger partial charge is 0.325 e. The highest BCUT2D eigenvalue weighted by atomic mass is 32.1. The van der Waals surface area contributed by atoms with Crippen molar-refractivity contribution in [2.75, 3.05) is 19.0 Å². The molecule has 0 aliphatic carbocycles. The number of carbonyl (C=O) groups excluding carboxylic acids is 1. The monoisotopic (exact) mass is 289 g/mol. The second-order valence-corrected chi connectivity index (χ2v) is 4.71. The van der Waals surface area contributed by atoms with Crippen LogP contribution >= 0.6 is 11.5 Å². The number of nitrogens with one attached hydrogen (secondary N) is 1. The average Bonchev–Trinajstić information content (AvgIpc) is 2.94. The summed E-state index contributed by atoms with van der Waals surface area (Å²) in [6, 6.07) is 10.0. The van der Waals surface area contributed by atoms with Crippen molar-refractivity contribution in [3.8, 4) is 0 Å². The molecule has 20 heavy (non-hydrogen) atoms. The number of hydrogen-bond donors (Lipinski definition) is 1. The molecule has 0 saturated heterocycles. The molecular formula is C14H15N3O2S. The van der Waals surface area contributed by atoms with E-state index < -0.39 is 0 Å². The number of hydrogen-bond acceptors (Lipinski definition) is 6. The van der Waals surface area contributed by atoms with Gasteiger partial charge in [-0.25, -0.2) is 4.98 Å². The Morgan fingerprint density at radius 3 is 2.95 bits per heavy atom. The van der Waals surface area contributed by atoms with Crippen LogP contribution in [0, 0.1) is 0 Å². The largest absolute Gasteiger partial charge is 0.468 e. The molecule has 0 atom stereocenters. The fourth-order valence-corrected chi connectivity index (χ4v) is 2.08. The van der Waals surface area contributed by atoms with E-state index >= 15 is 0 Å². The van der Waals surface area contributed by atoms with Gasteiger partial charge in [-0.3, -0.25) is 4.79 Å². The van der Waals surface area contributed by atoms with Gasteiger partial charge in [0.15, 0.2) is 0 Å². The van der Waals surface area contributed by atoms with Gasteiger partial charge in [0.2, 0.25) is 5.13 Å². The number of carbonyl (C=O) groups is 1. The van der Waals surface area contributed by atoms with Crippen molar-refractivity contribution >= 4 is 28.7 Å². The Bertz CT molecular complexity index is 581. The standard InChI is InChI=1S/C14H15N3O2S/c1-19-13(18)10-15-14-16-12(17-20-14)9-5-8-11-6-3-2-4-7-11/h2-8H,9-10H2,1H3,(H,15,16,17). The lowest BCUT2D eigenvalue weighted by Crippen LogP contribution is -2.14. The van der Waals surface area contributed by atoms with Gasteiger partial charge in [0.25, 0.3) is 0 Å². The van der Waals surface area contributed by atoms with Crippen molar-refractivity contribution in [3.05, 3.63) is 47.8 Å². The second kappa shape index (κ2) is 7.40. The van der Waals surface area contributed by atoms with E-state index in [9.17, 15) is 4.79 Å². The fourth-order valence-electron chi connectivity index (χ4n) is 1.49. The van der Waals surface area contributed by atoms with Crippen LogP contribution in [-0.4, -0.2) is 29.0 Å². The van der Waals surface area contributed by atoms with E-state index in [1.54, 1.807) is 0 Å². The molecule has 1 N–H and O–H groups in total. The summed E-state index contributed by atoms with van der Waals surface area (Å²) >= 11 is 1.23. The number of aromatic nitrogens is 2. The Morgan fingerprint density at radius 2 is 2.20 bits per heavy atom. The van der Waals surface area contributed by atoms with Crippen LogP contribution in [-0.2, 0) is 16.0 Å². The zero-order chi connectivity index (χ0) is 14.2. The first-order chi connectivity index (χ1) is 9.78. The third kappa shape index (κ3) is 4.47. The number of ether oxygens (including phenoxy) is 1. The first-order valence-electron chi connectivity index (χ1n) is 6.13. The normalized spacial score (nSPS) is 10.7. The molecule has 2 aromatic rings. The summed E-state index contributed by atoms with van der Waals surface area (Å²) in [5.74, 6) is 0.403. The third-order valence-corrected chi connectivity index (χ3v) is 3.20. The molecule has 0 fully saturated rings. The lowest BCUT2D eigenvalue weighted by Gasteiger charge is -1.98. The maximum absolute atomic E-state index is 11.0. The van der Waals surface area contributed by atoms with Crippen LogP contribution in [0.3, 0.4) is 0 Å². The fraction of sp³-hybridized carbons (Fsp3) is 0.214. The van der Waals surface area contributed by atoms with Crippen molar-refractivity contribution in [1.82, 2.24) is 9.36 Å². The second-order valence-electron chi connectivity index (χ2n) is 3.96. The number of allylic oxidation sites excluding steroid dienone is 1. The SMILES string of the molecule is COC(=O)CNc1nc(CC=Cc2ccccc2)ns1. The molecule has 1 aromatic heterocycles. The minimum Gasteiger partial charge on any atom is -0.468 e. The molecule has 0 amide bonds. The molecule has 0 radical (unpaired) electrons. The summed E-state index contributed by atoms with van der Waals surface area (Å²) in [5, 5.41) is 3.49. The average molecular weight is 289 g/mol. The van der Waals surface area contributed by atoms with Crippen molar-refractivity contribution in [2.45, 2.75) is 6.42 Å². The Morgan fingerprint density at radius 1 is 1.40 bits per heavy atom. The van der Waals surface area contributed by atoms with Gasteiger partial charge in [-0.2, -0.15) is 4.37 Å². The number of nitrogens with zero attached hydrogens (tertiary/aromatic N) is 2. The molecule has 0 bridgehead atoms. The van der Waals surface area contributed by atoms with Crippen LogP contribution in [0.25, 0.3) is 6.08 Å². The highest BCUT2D eigenvalue weighted by Gasteiger charge is 2.04. The Labute approximate surface area is 121 Å². The molecule has 1 aromatic carbocycles. The maximum atomic E-state index is 11.0. The lowest BCUT2D eigenvalue weighted by atomic mass is 10.2. The Kier molecular flexibility index (Phi) is 5.25. The molecule has 0 unspecified atom stereocenters. The number of rotatable bonds is 6. The van der Waals surface area contributed by atoms with Crippen LogP contribution in [0.4, 0.5) is 5.13 Å². The van der Waals surface area contributed by atoms with Gasteiger partial charge in [-0.05, 0) is 5.56 Å². The van der Waals surface area contributed by atoms with E-state index in [1.807, 2.05) is 42.5 Å². The molecule has 0 aliphatic heterocycles. The molecule has 6 heteroatoms. The van der Waals surface area contributed by atoms with Gasteiger partial charge in [-0.15, -0.1) is 0 Å². The van der Waals surface area contributed by atoms with E-state index in [0.717, 1.165) is 11.4 Å². The zero-order valence-electron chi connectivity index (χ0n) is 11.1. The van der Waals surface area contributed by atoms with Crippen molar-refractivity contribution in [2.24, 2.45) is 0 Å². The van der Waals surface area contributed by atoms with Gasteiger partial charge in [-0.1, -0.05) is 42.5 Å². The summed E-state index contributed by atoms with van der Waals surface area (Å²) in [5.41, 5.74) is 1.15. The molecule has 1 heterocycles. The number of anilines is 1. The van der Waals surface area contributed by atoms with Gasteiger partial charge >= 0.3 is 5.97 Å². The van der Waals surface area contributed by atoms with Gasteiger partial charge in [0.1, 0.15) is 12.4 Å². The van der Waals surface area contributed by atoms with Crippen molar-refractivity contribution in [1.29, 1.82) is 0 Å². The van der Waals surface area contributed by atoms with Crippen LogP contribution in [0.1, 0.15) is 11.4 Å². The topological polar surface area (TPSA) is 64.1 Å². The molecule has 0 aliphatic rings. The third-order valence-electron chi connectivity index (χ3n) is 2.49. The quantitative estimate of drug-likeness (QED) is 0.827. The molecular weight excluding hydrogens is 274 g/mol. The predicted octanol–water partition coefficient (Wildman–Crippen LogP) is 2.38. The first-order valence-corrected chi connectivity index (χ1v) is 6.90. The minimum atomic E-state index is -0.328. The van der Waals surface area contributed by atoms with Crippen LogP contribution in [0.15, 0.2) is 36.4 Å². The number of methoxy groups -OCH3 is 1. The molecule has 0 saturated carbocycles.